The zero-order chi connectivity index (χ0) is 15.4. The lowest BCUT2D eigenvalue weighted by molar-refractivity contribution is -0.132. The molecule has 2 aliphatic heterocycles. The Labute approximate surface area is 129 Å². The molecule has 2 heterocycles. The summed E-state index contributed by atoms with van der Waals surface area (Å²) < 4.78 is 5.54. The van der Waals surface area contributed by atoms with Crippen molar-refractivity contribution in [2.75, 3.05) is 19.8 Å². The average Bonchev–Trinajstić information content (AvgIpc) is 2.56. The second kappa shape index (κ2) is 6.70. The summed E-state index contributed by atoms with van der Waals surface area (Å²) in [6.07, 6.45) is 1.48. The summed E-state index contributed by atoms with van der Waals surface area (Å²) >= 11 is 0. The molecule has 0 radical (unpaired) electrons. The molecule has 0 spiro atoms. The van der Waals surface area contributed by atoms with E-state index in [4.69, 9.17) is 4.74 Å². The highest BCUT2D eigenvalue weighted by atomic mass is 16.5. The highest BCUT2D eigenvalue weighted by Crippen LogP contribution is 2.15. The Morgan fingerprint density at radius 2 is 2.14 bits per heavy atom. The van der Waals surface area contributed by atoms with E-state index in [9.17, 15) is 9.59 Å². The van der Waals surface area contributed by atoms with Crippen LogP contribution in [0.2, 0.25) is 0 Å². The van der Waals surface area contributed by atoms with E-state index in [0.717, 1.165) is 6.42 Å². The maximum absolute atomic E-state index is 12.6. The summed E-state index contributed by atoms with van der Waals surface area (Å²) in [6, 6.07) is 10.1. The van der Waals surface area contributed by atoms with Crippen molar-refractivity contribution in [2.24, 2.45) is 5.10 Å². The average molecular weight is 301 g/mol. The number of hydrogen-bond acceptors (Lipinski definition) is 4. The number of hydrazone groups is 1. The van der Waals surface area contributed by atoms with Crippen molar-refractivity contribution < 1.29 is 14.3 Å². The molecule has 2 amide bonds. The number of amides is 2. The Bertz CT molecular complexity index is 586. The lowest BCUT2D eigenvalue weighted by atomic mass is 10.0. The Balaban J connectivity index is 1.72. The van der Waals surface area contributed by atoms with Crippen LogP contribution in [0, 0.1) is 0 Å². The predicted molar refractivity (Wildman–Crippen MR) is 81.3 cm³/mol. The smallest absolute Gasteiger partial charge is 0.270 e. The van der Waals surface area contributed by atoms with Crippen molar-refractivity contribution in [3.63, 3.8) is 0 Å². The van der Waals surface area contributed by atoms with Crippen molar-refractivity contribution in [2.45, 2.75) is 25.3 Å². The number of benzene rings is 1. The van der Waals surface area contributed by atoms with Crippen LogP contribution in [-0.2, 0) is 20.7 Å². The fourth-order valence-electron chi connectivity index (χ4n) is 2.77. The zero-order valence-electron chi connectivity index (χ0n) is 12.3. The van der Waals surface area contributed by atoms with Crippen molar-refractivity contribution in [1.82, 2.24) is 10.3 Å². The quantitative estimate of drug-likeness (QED) is 0.894. The molecule has 1 fully saturated rings. The minimum Gasteiger partial charge on any atom is -0.377 e. The molecule has 1 N–H and O–H groups in total. The Hall–Kier alpha value is -2.21. The van der Waals surface area contributed by atoms with Crippen LogP contribution in [0.15, 0.2) is 35.4 Å². The summed E-state index contributed by atoms with van der Waals surface area (Å²) in [6.45, 7) is 1.63. The van der Waals surface area contributed by atoms with Crippen LogP contribution in [0.5, 0.6) is 0 Å². The van der Waals surface area contributed by atoms with Crippen LogP contribution in [0.3, 0.4) is 0 Å². The van der Waals surface area contributed by atoms with Crippen LogP contribution >= 0.6 is 0 Å². The van der Waals surface area contributed by atoms with E-state index in [1.807, 2.05) is 23.1 Å². The van der Waals surface area contributed by atoms with Gasteiger partial charge >= 0.3 is 0 Å². The van der Waals surface area contributed by atoms with Gasteiger partial charge < -0.3 is 9.64 Å². The van der Waals surface area contributed by atoms with Gasteiger partial charge in [-0.25, -0.2) is 5.43 Å². The summed E-state index contributed by atoms with van der Waals surface area (Å²) in [5.74, 6) is -0.233. The molecule has 3 rings (SSSR count). The van der Waals surface area contributed by atoms with Crippen LogP contribution in [0.25, 0.3) is 0 Å². The van der Waals surface area contributed by atoms with E-state index in [-0.39, 0.29) is 17.9 Å². The Morgan fingerprint density at radius 1 is 1.32 bits per heavy atom. The molecule has 0 bridgehead atoms. The molecular formula is C16H19N3O3. The first-order valence-electron chi connectivity index (χ1n) is 7.52. The number of carbonyl (C=O) groups is 2. The highest BCUT2D eigenvalue weighted by molar-refractivity contribution is 6.39. The molecule has 0 saturated carbocycles. The van der Waals surface area contributed by atoms with Gasteiger partial charge in [0, 0.05) is 19.4 Å². The van der Waals surface area contributed by atoms with Gasteiger partial charge in [0.15, 0.2) is 0 Å². The fraction of sp³-hybridized carbons (Fsp3) is 0.438. The standard InChI is InChI=1S/C16H19N3O3/c20-15-7-6-14(17-18-15)16(21)19-8-9-22-11-13(19)10-12-4-2-1-3-5-12/h1-5,13H,6-11H2,(H,18,20). The van der Waals surface area contributed by atoms with E-state index in [2.05, 4.69) is 22.7 Å². The number of nitrogens with zero attached hydrogens (tertiary/aromatic N) is 2. The van der Waals surface area contributed by atoms with E-state index >= 15 is 0 Å². The third-order valence-corrected chi connectivity index (χ3v) is 3.95. The lowest BCUT2D eigenvalue weighted by Gasteiger charge is -2.36. The van der Waals surface area contributed by atoms with Gasteiger partial charge in [0.05, 0.1) is 19.3 Å². The summed E-state index contributed by atoms with van der Waals surface area (Å²) in [5, 5.41) is 3.91. The monoisotopic (exact) mass is 301 g/mol. The van der Waals surface area contributed by atoms with E-state index in [0.29, 0.717) is 38.3 Å². The maximum atomic E-state index is 12.6. The number of ether oxygens (including phenoxy) is 1. The first-order valence-corrected chi connectivity index (χ1v) is 7.52. The maximum Gasteiger partial charge on any atom is 0.270 e. The van der Waals surface area contributed by atoms with Crippen LogP contribution in [0.4, 0.5) is 0 Å². The lowest BCUT2D eigenvalue weighted by Crippen LogP contribution is -2.52. The van der Waals surface area contributed by atoms with Crippen molar-refractivity contribution in [3.05, 3.63) is 35.9 Å². The van der Waals surface area contributed by atoms with E-state index in [1.165, 1.54) is 5.56 Å². The van der Waals surface area contributed by atoms with Gasteiger partial charge in [0.2, 0.25) is 5.91 Å². The summed E-state index contributed by atoms with van der Waals surface area (Å²) in [7, 11) is 0. The Morgan fingerprint density at radius 3 is 2.86 bits per heavy atom. The predicted octanol–water partition coefficient (Wildman–Crippen LogP) is 0.722. The van der Waals surface area contributed by atoms with E-state index < -0.39 is 0 Å². The third-order valence-electron chi connectivity index (χ3n) is 3.95. The highest BCUT2D eigenvalue weighted by Gasteiger charge is 2.31. The zero-order valence-corrected chi connectivity index (χ0v) is 12.3. The molecule has 1 aromatic carbocycles. The SMILES string of the molecule is O=C1CCC(C(=O)N2CCOCC2Cc2ccccc2)=NN1. The van der Waals surface area contributed by atoms with Gasteiger partial charge in [-0.2, -0.15) is 5.10 Å². The first kappa shape index (κ1) is 14.7. The minimum atomic E-state index is -0.139. The van der Waals surface area contributed by atoms with Crippen LogP contribution in [0.1, 0.15) is 18.4 Å². The minimum absolute atomic E-state index is 0.00368. The fourth-order valence-corrected chi connectivity index (χ4v) is 2.77. The van der Waals surface area contributed by atoms with E-state index in [1.54, 1.807) is 0 Å². The topological polar surface area (TPSA) is 71.0 Å². The van der Waals surface area contributed by atoms with Crippen molar-refractivity contribution in [3.8, 4) is 0 Å². The van der Waals surface area contributed by atoms with Crippen LogP contribution < -0.4 is 5.43 Å². The molecule has 1 unspecified atom stereocenters. The first-order chi connectivity index (χ1) is 10.7. The molecule has 22 heavy (non-hydrogen) atoms. The normalized spacial score (nSPS) is 22.0. The second-order valence-corrected chi connectivity index (χ2v) is 5.51. The van der Waals surface area contributed by atoms with Crippen LogP contribution in [-0.4, -0.2) is 48.2 Å². The molecule has 1 saturated heterocycles. The molecule has 6 nitrogen and oxygen atoms in total. The molecule has 0 aromatic heterocycles. The molecule has 1 aromatic rings. The van der Waals surface area contributed by atoms with Gasteiger partial charge in [-0.05, 0) is 12.0 Å². The van der Waals surface area contributed by atoms with Crippen molar-refractivity contribution >= 4 is 17.5 Å². The number of hydrogen-bond donors (Lipinski definition) is 1. The molecule has 2 aliphatic rings. The van der Waals surface area contributed by atoms with Crippen molar-refractivity contribution in [1.29, 1.82) is 0 Å². The number of nitrogens with one attached hydrogen (secondary N) is 1. The molecule has 116 valence electrons. The van der Waals surface area contributed by atoms with Gasteiger partial charge in [0.25, 0.3) is 5.91 Å². The largest absolute Gasteiger partial charge is 0.377 e. The summed E-state index contributed by atoms with van der Waals surface area (Å²) in [5.41, 5.74) is 3.99. The number of rotatable bonds is 3. The molecule has 0 aliphatic carbocycles. The second-order valence-electron chi connectivity index (χ2n) is 5.51. The van der Waals surface area contributed by atoms with Gasteiger partial charge in [0.1, 0.15) is 5.71 Å². The Kier molecular flexibility index (Phi) is 4.48. The molecule has 1 atom stereocenters. The number of carbonyl (C=O) groups excluding carboxylic acids is 2. The molecule has 6 heteroatoms. The third kappa shape index (κ3) is 3.33. The number of morpholine rings is 1. The van der Waals surface area contributed by atoms with Gasteiger partial charge in [-0.1, -0.05) is 30.3 Å². The summed E-state index contributed by atoms with van der Waals surface area (Å²) in [4.78, 5) is 25.6. The van der Waals surface area contributed by atoms with Gasteiger partial charge in [-0.3, -0.25) is 9.59 Å². The molecular weight excluding hydrogens is 282 g/mol. The van der Waals surface area contributed by atoms with Gasteiger partial charge in [-0.15, -0.1) is 0 Å².